The van der Waals surface area contributed by atoms with Crippen molar-refractivity contribution in [1.29, 1.82) is 0 Å². The number of pyridine rings is 1. The van der Waals surface area contributed by atoms with Crippen LogP contribution in [0.3, 0.4) is 0 Å². The number of aromatic nitrogens is 1. The third-order valence-corrected chi connectivity index (χ3v) is 4.34. The average molecular weight is 338 g/mol. The number of para-hydroxylation sites is 1. The van der Waals surface area contributed by atoms with Crippen molar-refractivity contribution in [2.24, 2.45) is 0 Å². The van der Waals surface area contributed by atoms with E-state index in [0.29, 0.717) is 23.5 Å². The van der Waals surface area contributed by atoms with E-state index in [1.807, 2.05) is 6.07 Å². The van der Waals surface area contributed by atoms with Gasteiger partial charge >= 0.3 is 0 Å². The summed E-state index contributed by atoms with van der Waals surface area (Å²) >= 11 is 0. The van der Waals surface area contributed by atoms with Crippen LogP contribution < -0.4 is 5.32 Å². The van der Waals surface area contributed by atoms with E-state index in [9.17, 15) is 9.59 Å². The van der Waals surface area contributed by atoms with Gasteiger partial charge in [-0.1, -0.05) is 18.2 Å². The molecule has 0 aliphatic carbocycles. The molecule has 6 heteroatoms. The van der Waals surface area contributed by atoms with E-state index in [-0.39, 0.29) is 11.7 Å². The van der Waals surface area contributed by atoms with E-state index in [4.69, 9.17) is 0 Å². The highest BCUT2D eigenvalue weighted by Crippen LogP contribution is 2.17. The zero-order valence-electron chi connectivity index (χ0n) is 14.3. The molecule has 1 amide bonds. The second-order valence-electron chi connectivity index (χ2n) is 6.22. The van der Waals surface area contributed by atoms with Gasteiger partial charge in [0.25, 0.3) is 5.91 Å². The Bertz CT molecular complexity index is 740. The molecule has 1 N–H and O–H groups in total. The van der Waals surface area contributed by atoms with E-state index < -0.39 is 0 Å². The summed E-state index contributed by atoms with van der Waals surface area (Å²) in [6, 6.07) is 12.3. The van der Waals surface area contributed by atoms with Crippen molar-refractivity contribution in [3.05, 3.63) is 59.9 Å². The largest absolute Gasteiger partial charge is 0.320 e. The Morgan fingerprint density at radius 3 is 2.48 bits per heavy atom. The lowest BCUT2D eigenvalue weighted by atomic mass is 10.1. The first-order valence-corrected chi connectivity index (χ1v) is 8.39. The number of rotatable bonds is 5. The highest BCUT2D eigenvalue weighted by atomic mass is 16.2. The maximum Gasteiger partial charge on any atom is 0.274 e. The number of anilines is 1. The number of carbonyl (C=O) groups is 2. The number of hydrogen-bond acceptors (Lipinski definition) is 5. The highest BCUT2D eigenvalue weighted by molar-refractivity contribution is 6.09. The predicted molar refractivity (Wildman–Crippen MR) is 96.9 cm³/mol. The van der Waals surface area contributed by atoms with Crippen LogP contribution in [0.4, 0.5) is 5.69 Å². The van der Waals surface area contributed by atoms with Crippen LogP contribution in [-0.2, 0) is 0 Å². The lowest BCUT2D eigenvalue weighted by molar-refractivity contribution is 0.0877. The second-order valence-corrected chi connectivity index (χ2v) is 6.22. The second kappa shape index (κ2) is 8.00. The van der Waals surface area contributed by atoms with Crippen LogP contribution in [0.5, 0.6) is 0 Å². The van der Waals surface area contributed by atoms with Crippen LogP contribution in [0.15, 0.2) is 48.7 Å². The van der Waals surface area contributed by atoms with Crippen molar-refractivity contribution in [2.45, 2.75) is 0 Å². The monoisotopic (exact) mass is 338 g/mol. The number of nitrogens with one attached hydrogen (secondary N) is 1. The summed E-state index contributed by atoms with van der Waals surface area (Å²) in [5, 5.41) is 2.80. The standard InChI is InChI=1S/C19H22N4O2/c1-22-10-12-23(13-11-22)14-18(24)15-6-2-3-7-16(15)21-19(25)17-8-4-5-9-20-17/h2-9H,10-14H2,1H3,(H,21,25). The fourth-order valence-corrected chi connectivity index (χ4v) is 2.81. The summed E-state index contributed by atoms with van der Waals surface area (Å²) in [6.07, 6.45) is 1.57. The summed E-state index contributed by atoms with van der Waals surface area (Å²) in [7, 11) is 2.08. The topological polar surface area (TPSA) is 65.5 Å². The molecule has 1 aliphatic heterocycles. The van der Waals surface area contributed by atoms with Crippen molar-refractivity contribution in [3.8, 4) is 0 Å². The van der Waals surface area contributed by atoms with Gasteiger partial charge in [-0.15, -0.1) is 0 Å². The molecule has 6 nitrogen and oxygen atoms in total. The molecule has 0 atom stereocenters. The van der Waals surface area contributed by atoms with Gasteiger partial charge in [-0.05, 0) is 31.3 Å². The first kappa shape index (κ1) is 17.3. The van der Waals surface area contributed by atoms with Gasteiger partial charge in [0.2, 0.25) is 0 Å². The van der Waals surface area contributed by atoms with Crippen molar-refractivity contribution >= 4 is 17.4 Å². The van der Waals surface area contributed by atoms with Crippen LogP contribution >= 0.6 is 0 Å². The zero-order chi connectivity index (χ0) is 17.6. The molecule has 1 fully saturated rings. The molecule has 0 radical (unpaired) electrons. The van der Waals surface area contributed by atoms with Gasteiger partial charge < -0.3 is 10.2 Å². The smallest absolute Gasteiger partial charge is 0.274 e. The van der Waals surface area contributed by atoms with E-state index in [1.165, 1.54) is 0 Å². The summed E-state index contributed by atoms with van der Waals surface area (Å²) in [5.74, 6) is -0.304. The Hall–Kier alpha value is -2.57. The number of likely N-dealkylation sites (N-methyl/N-ethyl adjacent to an activating group) is 1. The van der Waals surface area contributed by atoms with Crippen molar-refractivity contribution in [1.82, 2.24) is 14.8 Å². The number of carbonyl (C=O) groups excluding carboxylic acids is 2. The van der Waals surface area contributed by atoms with Gasteiger partial charge in [0.1, 0.15) is 5.69 Å². The number of amides is 1. The van der Waals surface area contributed by atoms with Crippen molar-refractivity contribution in [3.63, 3.8) is 0 Å². The Morgan fingerprint density at radius 1 is 1.04 bits per heavy atom. The van der Waals surface area contributed by atoms with E-state index in [2.05, 4.69) is 27.1 Å². The summed E-state index contributed by atoms with van der Waals surface area (Å²) in [5.41, 5.74) is 1.38. The van der Waals surface area contributed by atoms with Crippen LogP contribution in [0, 0.1) is 0 Å². The van der Waals surface area contributed by atoms with E-state index >= 15 is 0 Å². The van der Waals surface area contributed by atoms with Gasteiger partial charge in [0.05, 0.1) is 12.2 Å². The Morgan fingerprint density at radius 2 is 1.76 bits per heavy atom. The minimum atomic E-state index is -0.319. The molecule has 1 aromatic heterocycles. The van der Waals surface area contributed by atoms with Crippen LogP contribution in [0.2, 0.25) is 0 Å². The number of Topliss-reactive ketones (excluding diaryl/α,β-unsaturated/α-hetero) is 1. The molecule has 2 heterocycles. The summed E-state index contributed by atoms with van der Waals surface area (Å²) < 4.78 is 0. The van der Waals surface area contributed by atoms with Gasteiger partial charge in [-0.3, -0.25) is 19.5 Å². The van der Waals surface area contributed by atoms with Gasteiger partial charge in [-0.25, -0.2) is 0 Å². The van der Waals surface area contributed by atoms with Gasteiger partial charge in [-0.2, -0.15) is 0 Å². The summed E-state index contributed by atoms with van der Waals surface area (Å²) in [4.78, 5) is 33.5. The third kappa shape index (κ3) is 4.49. The average Bonchev–Trinajstić information content (AvgIpc) is 2.64. The van der Waals surface area contributed by atoms with E-state index in [1.54, 1.807) is 42.6 Å². The first-order valence-electron chi connectivity index (χ1n) is 8.39. The first-order chi connectivity index (χ1) is 12.1. The molecular formula is C19H22N4O2. The minimum absolute atomic E-state index is 0.0153. The minimum Gasteiger partial charge on any atom is -0.320 e. The fraction of sp³-hybridized carbons (Fsp3) is 0.316. The van der Waals surface area contributed by atoms with Crippen LogP contribution in [0.25, 0.3) is 0 Å². The van der Waals surface area contributed by atoms with E-state index in [0.717, 1.165) is 26.2 Å². The maximum atomic E-state index is 12.7. The third-order valence-electron chi connectivity index (χ3n) is 4.34. The maximum absolute atomic E-state index is 12.7. The molecule has 1 aliphatic rings. The molecule has 2 aromatic rings. The van der Waals surface area contributed by atoms with Gasteiger partial charge in [0, 0.05) is 37.9 Å². The zero-order valence-corrected chi connectivity index (χ0v) is 14.3. The normalized spacial score (nSPS) is 15.7. The quantitative estimate of drug-likeness (QED) is 0.842. The predicted octanol–water partition coefficient (Wildman–Crippen LogP) is 1.76. The van der Waals surface area contributed by atoms with Crippen molar-refractivity contribution < 1.29 is 9.59 Å². The number of hydrogen-bond donors (Lipinski definition) is 1. The highest BCUT2D eigenvalue weighted by Gasteiger charge is 2.20. The van der Waals surface area contributed by atoms with Crippen LogP contribution in [0.1, 0.15) is 20.8 Å². The molecule has 0 bridgehead atoms. The lowest BCUT2D eigenvalue weighted by Gasteiger charge is -2.31. The fourth-order valence-electron chi connectivity index (χ4n) is 2.81. The molecule has 130 valence electrons. The van der Waals surface area contributed by atoms with Gasteiger partial charge in [0.15, 0.2) is 5.78 Å². The molecule has 0 saturated carbocycles. The molecular weight excluding hydrogens is 316 g/mol. The molecule has 0 spiro atoms. The van der Waals surface area contributed by atoms with Crippen LogP contribution in [-0.4, -0.2) is 66.2 Å². The molecule has 3 rings (SSSR count). The lowest BCUT2D eigenvalue weighted by Crippen LogP contribution is -2.46. The molecule has 1 saturated heterocycles. The number of piperazine rings is 1. The SMILES string of the molecule is CN1CCN(CC(=O)c2ccccc2NC(=O)c2ccccn2)CC1. The number of ketones is 1. The Balaban J connectivity index is 1.70. The Labute approximate surface area is 147 Å². The molecule has 25 heavy (non-hydrogen) atoms. The molecule has 0 unspecified atom stereocenters. The number of nitrogens with zero attached hydrogens (tertiary/aromatic N) is 3. The number of benzene rings is 1. The van der Waals surface area contributed by atoms with Crippen molar-refractivity contribution in [2.75, 3.05) is 45.1 Å². The summed E-state index contributed by atoms with van der Waals surface area (Å²) in [6.45, 7) is 4.05. The molecule has 1 aromatic carbocycles. The Kier molecular flexibility index (Phi) is 5.53.